The van der Waals surface area contributed by atoms with Crippen LogP contribution in [0.25, 0.3) is 0 Å². The van der Waals surface area contributed by atoms with Crippen molar-refractivity contribution in [2.75, 3.05) is 0 Å². The first-order valence-electron chi connectivity index (χ1n) is 7.58. The molecule has 138 valence electrons. The Hall–Kier alpha value is -1.03. The summed E-state index contributed by atoms with van der Waals surface area (Å²) < 4.78 is 82.5. The van der Waals surface area contributed by atoms with Crippen molar-refractivity contribution in [1.29, 1.82) is 0 Å². The summed E-state index contributed by atoms with van der Waals surface area (Å²) in [6, 6.07) is 0.164. The normalized spacial score (nSPS) is 12.5. The van der Waals surface area contributed by atoms with Gasteiger partial charge in [-0.05, 0) is 40.2 Å². The fraction of sp³-hybridized carbons (Fsp3) is 0.600. The Morgan fingerprint density at radius 1 is 0.750 bits per heavy atom. The van der Waals surface area contributed by atoms with Gasteiger partial charge in [0.15, 0.2) is 33.0 Å². The van der Waals surface area contributed by atoms with Gasteiger partial charge in [-0.3, -0.25) is 0 Å². The van der Waals surface area contributed by atoms with Crippen molar-refractivity contribution in [3.63, 3.8) is 0 Å². The van der Waals surface area contributed by atoms with Crippen molar-refractivity contribution < 1.29 is 35.9 Å². The third-order valence-electron chi connectivity index (χ3n) is 2.89. The molecule has 0 unspecified atom stereocenters. The molecule has 0 saturated carbocycles. The first-order chi connectivity index (χ1) is 11.1. The number of hydrogen-bond donors (Lipinski definition) is 0. The van der Waals surface area contributed by atoms with Gasteiger partial charge in [-0.1, -0.05) is 0 Å². The Kier molecular flexibility index (Phi) is 8.27. The van der Waals surface area contributed by atoms with E-state index in [0.29, 0.717) is 0 Å². The predicted octanol–water partition coefficient (Wildman–Crippen LogP) is 3.58. The van der Waals surface area contributed by atoms with Crippen LogP contribution in [0.5, 0.6) is 0 Å². The molecule has 0 amide bonds. The number of halogens is 5. The van der Waals surface area contributed by atoms with Crippen LogP contribution in [0.4, 0.5) is 22.0 Å². The average molecular weight is 372 g/mol. The highest BCUT2D eigenvalue weighted by atomic mass is 28.2. The Bertz CT molecular complexity index is 515. The second kappa shape index (κ2) is 9.45. The number of rotatable bonds is 9. The van der Waals surface area contributed by atoms with E-state index in [9.17, 15) is 22.0 Å². The minimum atomic E-state index is -2.15. The Labute approximate surface area is 140 Å². The van der Waals surface area contributed by atoms with E-state index < -0.39 is 50.9 Å². The monoisotopic (exact) mass is 372 g/mol. The topological polar surface area (TPSA) is 27.7 Å². The molecule has 0 atom stereocenters. The Morgan fingerprint density at radius 3 is 1.58 bits per heavy atom. The smallest absolute Gasteiger partial charge is 0.262 e. The van der Waals surface area contributed by atoms with Gasteiger partial charge in [0, 0.05) is 5.56 Å². The van der Waals surface area contributed by atoms with Gasteiger partial charge in [0.2, 0.25) is 5.82 Å². The molecule has 0 aromatic heterocycles. The zero-order valence-corrected chi connectivity index (χ0v) is 15.4. The maximum atomic E-state index is 13.5. The maximum absolute atomic E-state index is 13.5. The summed E-state index contributed by atoms with van der Waals surface area (Å²) in [4.78, 5) is 0. The summed E-state index contributed by atoms with van der Waals surface area (Å²) >= 11 is 0. The highest BCUT2D eigenvalue weighted by molar-refractivity contribution is 6.27. The zero-order valence-electron chi connectivity index (χ0n) is 14.0. The van der Waals surface area contributed by atoms with E-state index in [-0.39, 0.29) is 24.7 Å². The Morgan fingerprint density at radius 2 is 1.17 bits per heavy atom. The SMILES string of the molecule is CC(C)OC(O[SiH2]CCc1c(F)c(F)c(F)c(F)c1F)OC(C)C. The van der Waals surface area contributed by atoms with E-state index in [2.05, 4.69) is 0 Å². The third-order valence-corrected chi connectivity index (χ3v) is 4.04. The zero-order chi connectivity index (χ0) is 18.4. The molecule has 0 aliphatic heterocycles. The molecule has 24 heavy (non-hydrogen) atoms. The van der Waals surface area contributed by atoms with Crippen LogP contribution in [0.15, 0.2) is 0 Å². The molecule has 0 spiro atoms. The van der Waals surface area contributed by atoms with Gasteiger partial charge >= 0.3 is 0 Å². The van der Waals surface area contributed by atoms with Gasteiger partial charge in [0.05, 0.1) is 12.2 Å². The minimum absolute atomic E-state index is 0.155. The summed E-state index contributed by atoms with van der Waals surface area (Å²) in [5, 5.41) is 0. The molecule has 0 N–H and O–H groups in total. The summed E-state index contributed by atoms with van der Waals surface area (Å²) in [6.45, 7) is 6.24. The quantitative estimate of drug-likeness (QED) is 0.166. The van der Waals surface area contributed by atoms with Crippen LogP contribution in [0.2, 0.25) is 6.04 Å². The van der Waals surface area contributed by atoms with Crippen molar-refractivity contribution in [3.8, 4) is 0 Å². The minimum Gasteiger partial charge on any atom is -0.379 e. The maximum Gasteiger partial charge on any atom is 0.262 e. The molecular weight excluding hydrogens is 351 g/mol. The molecule has 3 nitrogen and oxygen atoms in total. The van der Waals surface area contributed by atoms with Crippen molar-refractivity contribution in [2.24, 2.45) is 0 Å². The second-order valence-electron chi connectivity index (χ2n) is 5.68. The van der Waals surface area contributed by atoms with Crippen molar-refractivity contribution in [3.05, 3.63) is 34.6 Å². The number of hydrogen-bond acceptors (Lipinski definition) is 3. The predicted molar refractivity (Wildman–Crippen MR) is 80.6 cm³/mol. The van der Waals surface area contributed by atoms with E-state index in [1.807, 2.05) is 0 Å². The van der Waals surface area contributed by atoms with E-state index in [4.69, 9.17) is 13.9 Å². The second-order valence-corrected chi connectivity index (χ2v) is 7.13. The van der Waals surface area contributed by atoms with E-state index in [1.165, 1.54) is 0 Å². The first-order valence-corrected chi connectivity index (χ1v) is 9.15. The van der Waals surface area contributed by atoms with Crippen molar-refractivity contribution in [1.82, 2.24) is 0 Å². The molecule has 0 radical (unpaired) electrons. The van der Waals surface area contributed by atoms with E-state index >= 15 is 0 Å². The van der Waals surface area contributed by atoms with Crippen molar-refractivity contribution in [2.45, 2.75) is 58.8 Å². The van der Waals surface area contributed by atoms with Crippen LogP contribution in [0.3, 0.4) is 0 Å². The Balaban J connectivity index is 2.64. The molecule has 1 aromatic carbocycles. The lowest BCUT2D eigenvalue weighted by atomic mass is 10.1. The van der Waals surface area contributed by atoms with Gasteiger partial charge in [0.1, 0.15) is 0 Å². The molecular formula is C15H21F5O3Si. The molecule has 0 saturated heterocycles. The molecule has 0 fully saturated rings. The van der Waals surface area contributed by atoms with Gasteiger partial charge in [-0.2, -0.15) is 0 Å². The standard InChI is InChI=1S/C15H21F5O3Si/c1-7(2)21-15(22-8(3)4)23-24-6-5-9-10(16)12(18)14(20)13(19)11(9)17/h7-8,15H,5-6,24H2,1-4H3. The summed E-state index contributed by atoms with van der Waals surface area (Å²) in [7, 11) is -1.35. The van der Waals surface area contributed by atoms with Gasteiger partial charge in [-0.25, -0.2) is 22.0 Å². The molecule has 0 bridgehead atoms. The summed E-state index contributed by atoms with van der Waals surface area (Å²) in [6.07, 6.45) is -0.621. The number of benzene rings is 1. The van der Waals surface area contributed by atoms with Crippen LogP contribution in [0.1, 0.15) is 33.3 Å². The largest absolute Gasteiger partial charge is 0.379 e. The third kappa shape index (κ3) is 5.80. The van der Waals surface area contributed by atoms with Crippen molar-refractivity contribution >= 4 is 9.76 Å². The summed E-state index contributed by atoms with van der Waals surface area (Å²) in [5.74, 6) is -9.62. The molecule has 1 aromatic rings. The highest BCUT2D eigenvalue weighted by Gasteiger charge is 2.25. The molecule has 9 heteroatoms. The van der Waals surface area contributed by atoms with E-state index in [1.54, 1.807) is 27.7 Å². The summed E-state index contributed by atoms with van der Waals surface area (Å²) in [5.41, 5.74) is -0.825. The number of ether oxygens (including phenoxy) is 2. The molecule has 0 heterocycles. The molecule has 0 aliphatic carbocycles. The van der Waals surface area contributed by atoms with Crippen LogP contribution in [-0.2, 0) is 20.3 Å². The fourth-order valence-corrected chi connectivity index (χ4v) is 2.87. The fourth-order valence-electron chi connectivity index (χ4n) is 1.85. The van der Waals surface area contributed by atoms with Crippen LogP contribution in [-0.4, -0.2) is 28.4 Å². The van der Waals surface area contributed by atoms with E-state index in [0.717, 1.165) is 0 Å². The first kappa shape index (κ1) is 21.0. The van der Waals surface area contributed by atoms with Crippen LogP contribution in [0, 0.1) is 29.1 Å². The highest BCUT2D eigenvalue weighted by Crippen LogP contribution is 2.24. The lowest BCUT2D eigenvalue weighted by Gasteiger charge is -2.23. The van der Waals surface area contributed by atoms with Gasteiger partial charge < -0.3 is 13.9 Å². The molecule has 0 aliphatic rings. The van der Waals surface area contributed by atoms with Gasteiger partial charge in [0.25, 0.3) is 6.48 Å². The lowest BCUT2D eigenvalue weighted by Crippen LogP contribution is -2.28. The lowest BCUT2D eigenvalue weighted by molar-refractivity contribution is -0.275. The van der Waals surface area contributed by atoms with Crippen LogP contribution < -0.4 is 0 Å². The average Bonchev–Trinajstić information content (AvgIpc) is 2.49. The van der Waals surface area contributed by atoms with Crippen LogP contribution >= 0.6 is 0 Å². The molecule has 1 rings (SSSR count). The van der Waals surface area contributed by atoms with Gasteiger partial charge in [-0.15, -0.1) is 0 Å².